The van der Waals surface area contributed by atoms with Crippen molar-refractivity contribution in [3.8, 4) is 5.75 Å². The van der Waals surface area contributed by atoms with E-state index in [4.69, 9.17) is 37.1 Å². The van der Waals surface area contributed by atoms with Crippen LogP contribution in [0.1, 0.15) is 23.0 Å². The second-order valence-electron chi connectivity index (χ2n) is 3.84. The van der Waals surface area contributed by atoms with Crippen LogP contribution >= 0.6 is 23.2 Å². The van der Waals surface area contributed by atoms with Crippen molar-refractivity contribution < 1.29 is 18.7 Å². The first kappa shape index (κ1) is 14.8. The third-order valence-electron chi connectivity index (χ3n) is 2.49. The first-order chi connectivity index (χ1) is 9.61. The van der Waals surface area contributed by atoms with Crippen LogP contribution in [-0.2, 0) is 11.3 Å². The molecule has 0 N–H and O–H groups in total. The summed E-state index contributed by atoms with van der Waals surface area (Å²) in [4.78, 5) is 11.7. The Morgan fingerprint density at radius 2 is 2.10 bits per heavy atom. The van der Waals surface area contributed by atoms with Gasteiger partial charge in [-0.3, -0.25) is 0 Å². The molecule has 0 unspecified atom stereocenters. The van der Waals surface area contributed by atoms with Crippen molar-refractivity contribution in [1.82, 2.24) is 0 Å². The quantitative estimate of drug-likeness (QED) is 0.770. The molecule has 0 bridgehead atoms. The molecule has 0 saturated carbocycles. The lowest BCUT2D eigenvalue weighted by atomic mass is 10.2. The Morgan fingerprint density at radius 3 is 2.80 bits per heavy atom. The maximum Gasteiger partial charge on any atom is 0.341 e. The third kappa shape index (κ3) is 3.46. The maximum atomic E-state index is 11.7. The van der Waals surface area contributed by atoms with Gasteiger partial charge in [-0.25, -0.2) is 4.79 Å². The van der Waals surface area contributed by atoms with Gasteiger partial charge in [-0.2, -0.15) is 0 Å². The molecule has 2 aromatic rings. The SMILES string of the molecule is CCOC(=O)c1ccoc1COc1ccc(Cl)cc1Cl. The Hall–Kier alpha value is -1.65. The van der Waals surface area contributed by atoms with Gasteiger partial charge in [-0.1, -0.05) is 23.2 Å². The molecule has 4 nitrogen and oxygen atoms in total. The van der Waals surface area contributed by atoms with E-state index in [1.807, 2.05) is 0 Å². The van der Waals surface area contributed by atoms with E-state index in [0.29, 0.717) is 33.7 Å². The molecular formula is C14H12Cl2O4. The molecule has 20 heavy (non-hydrogen) atoms. The number of carbonyl (C=O) groups is 1. The van der Waals surface area contributed by atoms with Gasteiger partial charge in [0.2, 0.25) is 0 Å². The van der Waals surface area contributed by atoms with E-state index in [-0.39, 0.29) is 6.61 Å². The third-order valence-corrected chi connectivity index (χ3v) is 3.02. The normalized spacial score (nSPS) is 10.3. The number of ether oxygens (including phenoxy) is 2. The molecule has 0 aliphatic heterocycles. The second kappa shape index (κ2) is 6.68. The largest absolute Gasteiger partial charge is 0.484 e. The van der Waals surface area contributed by atoms with Crippen molar-refractivity contribution in [1.29, 1.82) is 0 Å². The first-order valence-electron chi connectivity index (χ1n) is 5.93. The molecule has 2 rings (SSSR count). The fourth-order valence-electron chi connectivity index (χ4n) is 1.58. The summed E-state index contributed by atoms with van der Waals surface area (Å²) < 4.78 is 15.7. The van der Waals surface area contributed by atoms with Crippen LogP contribution in [0, 0.1) is 0 Å². The minimum absolute atomic E-state index is 0.0719. The van der Waals surface area contributed by atoms with Crippen LogP contribution in [0.4, 0.5) is 0 Å². The molecule has 1 aromatic heterocycles. The Labute approximate surface area is 126 Å². The molecular weight excluding hydrogens is 303 g/mol. The van der Waals surface area contributed by atoms with Gasteiger partial charge in [0.15, 0.2) is 5.76 Å². The molecule has 0 fully saturated rings. The van der Waals surface area contributed by atoms with Gasteiger partial charge < -0.3 is 13.9 Å². The van der Waals surface area contributed by atoms with Crippen molar-refractivity contribution in [2.75, 3.05) is 6.61 Å². The summed E-state index contributed by atoms with van der Waals surface area (Å²) in [5.74, 6) is 0.402. The van der Waals surface area contributed by atoms with Crippen LogP contribution in [-0.4, -0.2) is 12.6 Å². The van der Waals surface area contributed by atoms with Gasteiger partial charge in [0.1, 0.15) is 17.9 Å². The van der Waals surface area contributed by atoms with Crippen molar-refractivity contribution in [2.24, 2.45) is 0 Å². The standard InChI is InChI=1S/C14H12Cl2O4/c1-2-18-14(17)10-5-6-19-13(10)8-20-12-4-3-9(15)7-11(12)16/h3-7H,2,8H2,1H3. The van der Waals surface area contributed by atoms with E-state index in [1.165, 1.54) is 6.26 Å². The van der Waals surface area contributed by atoms with Gasteiger partial charge in [-0.05, 0) is 31.2 Å². The molecule has 0 spiro atoms. The fraction of sp³-hybridized carbons (Fsp3) is 0.214. The zero-order valence-corrected chi connectivity index (χ0v) is 12.2. The van der Waals surface area contributed by atoms with E-state index >= 15 is 0 Å². The number of rotatable bonds is 5. The van der Waals surface area contributed by atoms with Crippen molar-refractivity contribution in [3.63, 3.8) is 0 Å². The fourth-order valence-corrected chi connectivity index (χ4v) is 2.04. The van der Waals surface area contributed by atoms with E-state index in [0.717, 1.165) is 0 Å². The smallest absolute Gasteiger partial charge is 0.341 e. The predicted molar refractivity (Wildman–Crippen MR) is 75.5 cm³/mol. The maximum absolute atomic E-state index is 11.7. The summed E-state index contributed by atoms with van der Waals surface area (Å²) >= 11 is 11.8. The Balaban J connectivity index is 2.08. The molecule has 0 saturated heterocycles. The number of hydrogen-bond acceptors (Lipinski definition) is 4. The molecule has 0 atom stereocenters. The summed E-state index contributed by atoms with van der Waals surface area (Å²) in [6.45, 7) is 2.11. The molecule has 106 valence electrons. The average molecular weight is 315 g/mol. The Kier molecular flexibility index (Phi) is 4.93. The van der Waals surface area contributed by atoms with E-state index in [9.17, 15) is 4.79 Å². The van der Waals surface area contributed by atoms with Gasteiger partial charge in [0.25, 0.3) is 0 Å². The highest BCUT2D eigenvalue weighted by Gasteiger charge is 2.16. The molecule has 0 aliphatic carbocycles. The van der Waals surface area contributed by atoms with Crippen molar-refractivity contribution >= 4 is 29.2 Å². The van der Waals surface area contributed by atoms with Gasteiger partial charge in [0.05, 0.1) is 17.9 Å². The van der Waals surface area contributed by atoms with Gasteiger partial charge in [-0.15, -0.1) is 0 Å². The average Bonchev–Trinajstić information content (AvgIpc) is 2.86. The molecule has 0 aliphatic rings. The summed E-state index contributed by atoms with van der Waals surface area (Å²) in [6.07, 6.45) is 1.41. The number of benzene rings is 1. The van der Waals surface area contributed by atoms with Crippen molar-refractivity contribution in [3.05, 3.63) is 51.9 Å². The van der Waals surface area contributed by atoms with Crippen LogP contribution in [0.3, 0.4) is 0 Å². The van der Waals surface area contributed by atoms with Gasteiger partial charge >= 0.3 is 5.97 Å². The van der Waals surface area contributed by atoms with Crippen LogP contribution in [0.2, 0.25) is 10.0 Å². The zero-order valence-electron chi connectivity index (χ0n) is 10.7. The zero-order chi connectivity index (χ0) is 14.5. The van der Waals surface area contributed by atoms with Gasteiger partial charge in [0, 0.05) is 5.02 Å². The molecule has 1 aromatic carbocycles. The van der Waals surface area contributed by atoms with Crippen LogP contribution in [0.5, 0.6) is 5.75 Å². The Morgan fingerprint density at radius 1 is 1.30 bits per heavy atom. The number of esters is 1. The summed E-state index contributed by atoms with van der Waals surface area (Å²) in [5, 5.41) is 0.911. The molecule has 6 heteroatoms. The van der Waals surface area contributed by atoms with Crippen LogP contribution in [0.15, 0.2) is 34.9 Å². The molecule has 0 radical (unpaired) electrons. The van der Waals surface area contributed by atoms with E-state index in [2.05, 4.69) is 0 Å². The highest BCUT2D eigenvalue weighted by atomic mass is 35.5. The second-order valence-corrected chi connectivity index (χ2v) is 4.68. The van der Waals surface area contributed by atoms with Crippen LogP contribution in [0.25, 0.3) is 0 Å². The number of hydrogen-bond donors (Lipinski definition) is 0. The summed E-state index contributed by atoms with van der Waals surface area (Å²) in [5.41, 5.74) is 0.344. The van der Waals surface area contributed by atoms with E-state index in [1.54, 1.807) is 31.2 Å². The number of halogens is 2. The number of furan rings is 1. The number of carbonyl (C=O) groups excluding carboxylic acids is 1. The van der Waals surface area contributed by atoms with E-state index < -0.39 is 5.97 Å². The Bertz CT molecular complexity index is 607. The van der Waals surface area contributed by atoms with Crippen LogP contribution < -0.4 is 4.74 Å². The lowest BCUT2D eigenvalue weighted by Crippen LogP contribution is -2.07. The minimum Gasteiger partial charge on any atom is -0.484 e. The molecule has 1 heterocycles. The monoisotopic (exact) mass is 314 g/mol. The lowest BCUT2D eigenvalue weighted by molar-refractivity contribution is 0.0521. The minimum atomic E-state index is -0.443. The lowest BCUT2D eigenvalue weighted by Gasteiger charge is -2.08. The first-order valence-corrected chi connectivity index (χ1v) is 6.68. The highest BCUT2D eigenvalue weighted by Crippen LogP contribution is 2.28. The topological polar surface area (TPSA) is 48.7 Å². The van der Waals surface area contributed by atoms with Crippen molar-refractivity contribution in [2.45, 2.75) is 13.5 Å². The summed E-state index contributed by atoms with van der Waals surface area (Å²) in [6, 6.07) is 6.43. The molecule has 0 amide bonds. The summed E-state index contributed by atoms with van der Waals surface area (Å²) in [7, 11) is 0. The highest BCUT2D eigenvalue weighted by molar-refractivity contribution is 6.35. The predicted octanol–water partition coefficient (Wildman–Crippen LogP) is 4.34.